The molecule has 0 bridgehead atoms. The standard InChI is InChI=1S/C22H25F3N4O3.C21H23F3N4O3.Na.H/c1-4-6-16-18(8-7-17-19(16)32-27-20(17)22(23,24)25)31-14-5-13-28(2)21(30)29(3)15-9-11-26-12-10-15;1-3-5-15-17(7-6-16-18(15)31-27-19(16)21(22,23)24)30-13-4-12-28(2)20(29)26-14-8-10-25-11-9-14;;/h7-12H,4-6,13-14H2,1-3H3;6-11H,3-5,12-13H2,1-2H3,(H,25,26,29);;/q;;+1;-1. The molecule has 0 fully saturated rings. The third-order valence-corrected chi connectivity index (χ3v) is 9.67. The zero-order valence-electron chi connectivity index (χ0n) is 37.3. The molecule has 340 valence electrons. The van der Waals surface area contributed by atoms with Crippen LogP contribution in [0.2, 0.25) is 0 Å². The van der Waals surface area contributed by atoms with Gasteiger partial charge in [-0.1, -0.05) is 37.0 Å². The molecular weight excluding hydrogens is 862 g/mol. The van der Waals surface area contributed by atoms with E-state index in [0.717, 1.165) is 5.69 Å². The molecule has 0 radical (unpaired) electrons. The summed E-state index contributed by atoms with van der Waals surface area (Å²) in [6.45, 7) is 5.29. The van der Waals surface area contributed by atoms with Crippen LogP contribution in [0.1, 0.15) is 63.5 Å². The van der Waals surface area contributed by atoms with Crippen LogP contribution in [0.5, 0.6) is 11.5 Å². The Labute approximate surface area is 389 Å². The quantitative estimate of drug-likeness (QED) is 0.0591. The monoisotopic (exact) mass is 910 g/mol. The summed E-state index contributed by atoms with van der Waals surface area (Å²) in [5, 5.41) is 9.05. The molecule has 0 unspecified atom stereocenters. The maximum atomic E-state index is 13.1. The molecule has 6 aromatic rings. The van der Waals surface area contributed by atoms with Gasteiger partial charge in [-0.15, -0.1) is 0 Å². The van der Waals surface area contributed by atoms with E-state index in [1.807, 2.05) is 13.8 Å². The van der Waals surface area contributed by atoms with E-state index in [-0.39, 0.29) is 71.6 Å². The van der Waals surface area contributed by atoms with Crippen molar-refractivity contribution in [3.05, 3.63) is 95.8 Å². The second-order valence-corrected chi connectivity index (χ2v) is 14.4. The van der Waals surface area contributed by atoms with E-state index < -0.39 is 23.7 Å². The molecule has 0 aliphatic rings. The first kappa shape index (κ1) is 51.0. The molecule has 0 spiro atoms. The number of carbonyl (C=O) groups is 2. The van der Waals surface area contributed by atoms with E-state index in [0.29, 0.717) is 86.5 Å². The molecule has 0 atom stereocenters. The van der Waals surface area contributed by atoms with Gasteiger partial charge < -0.3 is 35.1 Å². The van der Waals surface area contributed by atoms with Crippen molar-refractivity contribution < 1.29 is 85.4 Å². The predicted molar refractivity (Wildman–Crippen MR) is 224 cm³/mol. The molecule has 0 aliphatic carbocycles. The molecule has 21 heteroatoms. The van der Waals surface area contributed by atoms with E-state index in [4.69, 9.17) is 18.5 Å². The van der Waals surface area contributed by atoms with Crippen molar-refractivity contribution in [3.63, 3.8) is 0 Å². The number of halogens is 6. The second kappa shape index (κ2) is 23.4. The number of aryl methyl sites for hydroxylation is 2. The number of nitrogens with one attached hydrogen (secondary N) is 1. The van der Waals surface area contributed by atoms with E-state index >= 15 is 0 Å². The van der Waals surface area contributed by atoms with Gasteiger partial charge in [0.25, 0.3) is 0 Å². The Morgan fingerprint density at radius 3 is 1.55 bits per heavy atom. The van der Waals surface area contributed by atoms with Crippen molar-refractivity contribution in [3.8, 4) is 11.5 Å². The van der Waals surface area contributed by atoms with Gasteiger partial charge in [-0.2, -0.15) is 26.3 Å². The maximum absolute atomic E-state index is 13.1. The van der Waals surface area contributed by atoms with Crippen LogP contribution in [0.25, 0.3) is 21.9 Å². The minimum Gasteiger partial charge on any atom is -1.00 e. The van der Waals surface area contributed by atoms with Crippen molar-refractivity contribution in [1.82, 2.24) is 30.1 Å². The van der Waals surface area contributed by atoms with Gasteiger partial charge in [0.15, 0.2) is 22.6 Å². The Bertz CT molecular complexity index is 2430. The summed E-state index contributed by atoms with van der Waals surface area (Å²) in [6, 6.07) is 12.1. The Morgan fingerprint density at radius 2 is 1.11 bits per heavy atom. The molecule has 4 heterocycles. The molecule has 4 amide bonds. The van der Waals surface area contributed by atoms with Gasteiger partial charge in [-0.3, -0.25) is 14.9 Å². The minimum absolute atomic E-state index is 0. The van der Waals surface area contributed by atoms with Gasteiger partial charge in [0.2, 0.25) is 0 Å². The average molecular weight is 911 g/mol. The van der Waals surface area contributed by atoms with Crippen LogP contribution in [-0.4, -0.2) is 89.6 Å². The second-order valence-electron chi connectivity index (χ2n) is 14.4. The minimum atomic E-state index is -4.59. The first-order valence-electron chi connectivity index (χ1n) is 20.1. The first-order valence-corrected chi connectivity index (χ1v) is 20.1. The van der Waals surface area contributed by atoms with Crippen LogP contribution >= 0.6 is 0 Å². The number of hydrogen-bond donors (Lipinski definition) is 1. The number of alkyl halides is 6. The van der Waals surface area contributed by atoms with Crippen molar-refractivity contribution in [2.75, 3.05) is 57.7 Å². The number of amides is 4. The number of aromatic nitrogens is 4. The topological polar surface area (TPSA) is 152 Å². The van der Waals surface area contributed by atoms with Crippen molar-refractivity contribution in [1.29, 1.82) is 0 Å². The Morgan fingerprint density at radius 1 is 0.672 bits per heavy atom. The third-order valence-electron chi connectivity index (χ3n) is 9.67. The maximum Gasteiger partial charge on any atom is 1.00 e. The van der Waals surface area contributed by atoms with Crippen molar-refractivity contribution in [2.24, 2.45) is 0 Å². The molecular formula is C43H49F6N8NaO6. The Balaban J connectivity index is 0.000000335. The first-order chi connectivity index (χ1) is 30.0. The smallest absolute Gasteiger partial charge is 1.00 e. The Hall–Kier alpha value is -5.60. The van der Waals surface area contributed by atoms with Crippen molar-refractivity contribution >= 4 is 45.4 Å². The predicted octanol–water partition coefficient (Wildman–Crippen LogP) is 7.39. The van der Waals surface area contributed by atoms with Crippen LogP contribution in [0.15, 0.2) is 82.4 Å². The van der Waals surface area contributed by atoms with Gasteiger partial charge in [0, 0.05) is 81.5 Å². The van der Waals surface area contributed by atoms with Gasteiger partial charge >= 0.3 is 54.0 Å². The molecule has 0 aliphatic heterocycles. The average Bonchev–Trinajstić information content (AvgIpc) is 3.92. The number of benzene rings is 2. The van der Waals surface area contributed by atoms with Gasteiger partial charge in [0.05, 0.1) is 24.0 Å². The SMILES string of the molecule is CCCc1c(OCCCN(C)C(=O)N(C)c2ccncc2)ccc2c(C(F)(F)F)noc12.CCCc1c(OCCCN(C)C(=O)Nc2ccncc2)ccc2c(C(F)(F)F)noc12.[H-].[Na+]. The fraction of sp³-hybridized carbons (Fsp3) is 0.395. The molecule has 0 saturated heterocycles. The number of nitrogens with zero attached hydrogens (tertiary/aromatic N) is 7. The molecule has 2 aromatic carbocycles. The summed E-state index contributed by atoms with van der Waals surface area (Å²) < 4.78 is 100. The third kappa shape index (κ3) is 13.2. The van der Waals surface area contributed by atoms with Gasteiger partial charge in [-0.05, 0) is 74.2 Å². The zero-order chi connectivity index (χ0) is 45.7. The molecule has 6 rings (SSSR count). The fourth-order valence-corrected chi connectivity index (χ4v) is 6.49. The van der Waals surface area contributed by atoms with E-state index in [9.17, 15) is 35.9 Å². The number of anilines is 2. The summed E-state index contributed by atoms with van der Waals surface area (Å²) in [7, 11) is 5.05. The zero-order valence-corrected chi connectivity index (χ0v) is 38.3. The number of urea groups is 2. The van der Waals surface area contributed by atoms with Crippen molar-refractivity contribution in [2.45, 2.75) is 64.7 Å². The number of rotatable bonds is 16. The summed E-state index contributed by atoms with van der Waals surface area (Å²) in [6.07, 6.45) is 0.701. The van der Waals surface area contributed by atoms with Gasteiger partial charge in [0.1, 0.15) is 11.5 Å². The fourth-order valence-electron chi connectivity index (χ4n) is 6.49. The van der Waals surface area contributed by atoms with E-state index in [1.165, 1.54) is 34.1 Å². The van der Waals surface area contributed by atoms with E-state index in [2.05, 4.69) is 25.6 Å². The molecule has 1 N–H and O–H groups in total. The summed E-state index contributed by atoms with van der Waals surface area (Å²) in [4.78, 5) is 37.2. The number of hydrogen-bond acceptors (Lipinski definition) is 10. The number of ether oxygens (including phenoxy) is 2. The molecule has 0 saturated carbocycles. The summed E-state index contributed by atoms with van der Waals surface area (Å²) in [5.74, 6) is 0.926. The number of carbonyl (C=O) groups excluding carboxylic acids is 2. The van der Waals surface area contributed by atoms with Crippen LogP contribution in [0.4, 0.5) is 47.3 Å². The number of fused-ring (bicyclic) bond motifs is 2. The van der Waals surface area contributed by atoms with Crippen LogP contribution < -0.4 is 49.2 Å². The summed E-state index contributed by atoms with van der Waals surface area (Å²) >= 11 is 0. The van der Waals surface area contributed by atoms with Crippen LogP contribution in [-0.2, 0) is 25.2 Å². The normalized spacial score (nSPS) is 11.4. The largest absolute Gasteiger partial charge is 1.00 e. The Kier molecular flexibility index (Phi) is 18.6. The van der Waals surface area contributed by atoms with E-state index in [1.54, 1.807) is 75.1 Å². The van der Waals surface area contributed by atoms with Crippen LogP contribution in [0, 0.1) is 0 Å². The van der Waals surface area contributed by atoms with Gasteiger partial charge in [-0.25, -0.2) is 9.59 Å². The summed E-state index contributed by atoms with van der Waals surface area (Å²) in [5.41, 5.74) is 0.634. The number of pyridine rings is 2. The molecule has 14 nitrogen and oxygen atoms in total. The molecule has 64 heavy (non-hydrogen) atoms. The van der Waals surface area contributed by atoms with Crippen LogP contribution in [0.3, 0.4) is 0 Å². The molecule has 4 aromatic heterocycles.